The van der Waals surface area contributed by atoms with Crippen molar-refractivity contribution in [2.24, 2.45) is 17.8 Å². The summed E-state index contributed by atoms with van der Waals surface area (Å²) in [5.41, 5.74) is 1.20. The molecule has 1 saturated carbocycles. The van der Waals surface area contributed by atoms with E-state index >= 15 is 0 Å². The van der Waals surface area contributed by atoms with E-state index in [2.05, 4.69) is 13.5 Å². The lowest BCUT2D eigenvalue weighted by Gasteiger charge is -2.26. The van der Waals surface area contributed by atoms with Gasteiger partial charge in [0.2, 0.25) is 0 Å². The summed E-state index contributed by atoms with van der Waals surface area (Å²) in [7, 11) is 0. The largest absolute Gasteiger partial charge is 0.396 e. The second kappa shape index (κ2) is 4.77. The summed E-state index contributed by atoms with van der Waals surface area (Å²) in [6.07, 6.45) is 3.51. The van der Waals surface area contributed by atoms with E-state index in [0.29, 0.717) is 11.8 Å². The van der Waals surface area contributed by atoms with Crippen LogP contribution in [0.25, 0.3) is 0 Å². The normalized spacial score (nSPS) is 28.3. The number of hydrogen-bond acceptors (Lipinski definition) is 2. The molecule has 2 heteroatoms. The van der Waals surface area contributed by atoms with Crippen LogP contribution in [0.2, 0.25) is 0 Å². The SMILES string of the molecule is C=C(C)[C@@H]1CCC[C@H]1C(CO)CO. The zero-order valence-corrected chi connectivity index (χ0v) is 8.37. The monoisotopic (exact) mass is 184 g/mol. The second-order valence-corrected chi connectivity index (χ2v) is 4.17. The first-order chi connectivity index (χ1) is 6.20. The van der Waals surface area contributed by atoms with Gasteiger partial charge in [0, 0.05) is 19.1 Å². The highest BCUT2D eigenvalue weighted by molar-refractivity contribution is 5.02. The van der Waals surface area contributed by atoms with Gasteiger partial charge >= 0.3 is 0 Å². The van der Waals surface area contributed by atoms with Gasteiger partial charge in [-0.05, 0) is 31.6 Å². The molecule has 0 aromatic rings. The molecular weight excluding hydrogens is 164 g/mol. The van der Waals surface area contributed by atoms with E-state index in [4.69, 9.17) is 10.2 Å². The predicted molar refractivity (Wildman–Crippen MR) is 53.3 cm³/mol. The number of allylic oxidation sites excluding steroid dienone is 1. The lowest BCUT2D eigenvalue weighted by Crippen LogP contribution is -2.25. The van der Waals surface area contributed by atoms with E-state index < -0.39 is 0 Å². The molecule has 1 fully saturated rings. The van der Waals surface area contributed by atoms with Crippen LogP contribution in [0, 0.1) is 17.8 Å². The molecule has 0 spiro atoms. The number of aliphatic hydroxyl groups is 2. The highest BCUT2D eigenvalue weighted by Gasteiger charge is 2.33. The van der Waals surface area contributed by atoms with Gasteiger partial charge in [-0.1, -0.05) is 18.6 Å². The molecule has 2 nitrogen and oxygen atoms in total. The van der Waals surface area contributed by atoms with Gasteiger partial charge in [0.15, 0.2) is 0 Å². The fourth-order valence-corrected chi connectivity index (χ4v) is 2.49. The summed E-state index contributed by atoms with van der Waals surface area (Å²) < 4.78 is 0. The summed E-state index contributed by atoms with van der Waals surface area (Å²) >= 11 is 0. The van der Waals surface area contributed by atoms with E-state index in [-0.39, 0.29) is 19.1 Å². The van der Waals surface area contributed by atoms with Crippen LogP contribution in [-0.2, 0) is 0 Å². The quantitative estimate of drug-likeness (QED) is 0.651. The van der Waals surface area contributed by atoms with Crippen molar-refractivity contribution in [2.75, 3.05) is 13.2 Å². The molecule has 2 atom stereocenters. The fourth-order valence-electron chi connectivity index (χ4n) is 2.49. The van der Waals surface area contributed by atoms with Crippen molar-refractivity contribution >= 4 is 0 Å². The third kappa shape index (κ3) is 2.32. The molecule has 13 heavy (non-hydrogen) atoms. The van der Waals surface area contributed by atoms with Gasteiger partial charge in [-0.3, -0.25) is 0 Å². The van der Waals surface area contributed by atoms with Gasteiger partial charge in [-0.2, -0.15) is 0 Å². The van der Waals surface area contributed by atoms with Gasteiger partial charge in [0.25, 0.3) is 0 Å². The molecule has 0 heterocycles. The van der Waals surface area contributed by atoms with Crippen molar-refractivity contribution in [2.45, 2.75) is 26.2 Å². The molecule has 2 N–H and O–H groups in total. The molecule has 0 aromatic heterocycles. The van der Waals surface area contributed by atoms with Crippen LogP contribution < -0.4 is 0 Å². The lowest BCUT2D eigenvalue weighted by molar-refractivity contribution is 0.0954. The molecule has 0 aliphatic heterocycles. The highest BCUT2D eigenvalue weighted by Crippen LogP contribution is 2.40. The topological polar surface area (TPSA) is 40.5 Å². The summed E-state index contributed by atoms with van der Waals surface area (Å²) in [5, 5.41) is 18.2. The molecule has 1 aliphatic carbocycles. The maximum atomic E-state index is 9.10. The van der Waals surface area contributed by atoms with Crippen molar-refractivity contribution < 1.29 is 10.2 Å². The molecule has 1 rings (SSSR count). The zero-order chi connectivity index (χ0) is 9.84. The summed E-state index contributed by atoms with van der Waals surface area (Å²) in [6.45, 7) is 6.23. The molecule has 0 saturated heterocycles. The number of hydrogen-bond donors (Lipinski definition) is 2. The summed E-state index contributed by atoms with van der Waals surface area (Å²) in [6, 6.07) is 0. The lowest BCUT2D eigenvalue weighted by atomic mass is 9.81. The van der Waals surface area contributed by atoms with Crippen LogP contribution in [0.15, 0.2) is 12.2 Å². The maximum Gasteiger partial charge on any atom is 0.0484 e. The molecule has 0 amide bonds. The predicted octanol–water partition coefficient (Wildman–Crippen LogP) is 1.58. The van der Waals surface area contributed by atoms with Crippen LogP contribution in [-0.4, -0.2) is 23.4 Å². The van der Waals surface area contributed by atoms with Gasteiger partial charge in [0.05, 0.1) is 0 Å². The Labute approximate surface area is 80.3 Å². The minimum Gasteiger partial charge on any atom is -0.396 e. The van der Waals surface area contributed by atoms with Gasteiger partial charge < -0.3 is 10.2 Å². The zero-order valence-electron chi connectivity index (χ0n) is 8.37. The van der Waals surface area contributed by atoms with Crippen LogP contribution in [0.5, 0.6) is 0 Å². The average Bonchev–Trinajstić information content (AvgIpc) is 2.55. The third-order valence-corrected chi connectivity index (χ3v) is 3.28. The first-order valence-corrected chi connectivity index (χ1v) is 5.07. The van der Waals surface area contributed by atoms with Gasteiger partial charge in [-0.25, -0.2) is 0 Å². The van der Waals surface area contributed by atoms with Crippen LogP contribution >= 0.6 is 0 Å². The van der Waals surface area contributed by atoms with Crippen molar-refractivity contribution in [1.29, 1.82) is 0 Å². The van der Waals surface area contributed by atoms with E-state index in [9.17, 15) is 0 Å². The minimum atomic E-state index is 0.0594. The number of aliphatic hydroxyl groups excluding tert-OH is 2. The van der Waals surface area contributed by atoms with E-state index in [0.717, 1.165) is 6.42 Å². The first kappa shape index (κ1) is 10.7. The molecule has 0 bridgehead atoms. The van der Waals surface area contributed by atoms with E-state index in [1.807, 2.05) is 0 Å². The Morgan fingerprint density at radius 3 is 2.46 bits per heavy atom. The molecule has 0 aromatic carbocycles. The van der Waals surface area contributed by atoms with Gasteiger partial charge in [-0.15, -0.1) is 0 Å². The van der Waals surface area contributed by atoms with Crippen LogP contribution in [0.3, 0.4) is 0 Å². The Morgan fingerprint density at radius 1 is 1.38 bits per heavy atom. The minimum absolute atomic E-state index is 0.0594. The Kier molecular flexibility index (Phi) is 3.94. The third-order valence-electron chi connectivity index (χ3n) is 3.28. The molecule has 1 aliphatic rings. The highest BCUT2D eigenvalue weighted by atomic mass is 16.3. The maximum absolute atomic E-state index is 9.10. The smallest absolute Gasteiger partial charge is 0.0484 e. The van der Waals surface area contributed by atoms with Crippen molar-refractivity contribution in [3.63, 3.8) is 0 Å². The number of rotatable bonds is 4. The molecule has 0 radical (unpaired) electrons. The van der Waals surface area contributed by atoms with Crippen molar-refractivity contribution in [3.8, 4) is 0 Å². The van der Waals surface area contributed by atoms with Gasteiger partial charge in [0.1, 0.15) is 0 Å². The average molecular weight is 184 g/mol. The van der Waals surface area contributed by atoms with E-state index in [1.165, 1.54) is 18.4 Å². The van der Waals surface area contributed by atoms with Crippen molar-refractivity contribution in [1.82, 2.24) is 0 Å². The summed E-state index contributed by atoms with van der Waals surface area (Å²) in [4.78, 5) is 0. The molecule has 76 valence electrons. The Bertz CT molecular complexity index is 173. The Hall–Kier alpha value is -0.340. The van der Waals surface area contributed by atoms with Crippen LogP contribution in [0.4, 0.5) is 0 Å². The molecular formula is C11H20O2. The van der Waals surface area contributed by atoms with Crippen LogP contribution in [0.1, 0.15) is 26.2 Å². The standard InChI is InChI=1S/C11H20O2/c1-8(2)10-4-3-5-11(10)9(6-12)7-13/h9-13H,1,3-7H2,2H3/t10-,11-/m0/s1. The van der Waals surface area contributed by atoms with Crippen molar-refractivity contribution in [3.05, 3.63) is 12.2 Å². The Morgan fingerprint density at radius 2 is 2.00 bits per heavy atom. The fraction of sp³-hybridized carbons (Fsp3) is 0.818. The second-order valence-electron chi connectivity index (χ2n) is 4.17. The summed E-state index contributed by atoms with van der Waals surface area (Å²) in [5.74, 6) is 1.03. The van der Waals surface area contributed by atoms with E-state index in [1.54, 1.807) is 0 Å². The molecule has 0 unspecified atom stereocenters. The first-order valence-electron chi connectivity index (χ1n) is 5.07. The Balaban J connectivity index is 2.61.